The number of hydrogen-bond donors (Lipinski definition) is 2. The zero-order valence-corrected chi connectivity index (χ0v) is 22.7. The third kappa shape index (κ3) is 8.21. The van der Waals surface area contributed by atoms with Crippen molar-refractivity contribution in [3.05, 3.63) is 73.6 Å². The zero-order valence-electron chi connectivity index (χ0n) is 19.6. The standard InChI is InChI=1S/C22H21Cl3F3N5O4S/c1-38(36,37)29-11-17(15-3-2-4-16(24)19(15)25)30-18(34)12-33-21(35)32(10-9-22(26,27)28)20(31-33)13-5-7-14(23)8-6-13/h2-8,17,29H,9-12H2,1H3,(H,30,34). The van der Waals surface area contributed by atoms with Crippen LogP contribution in [0.15, 0.2) is 47.3 Å². The Morgan fingerprint density at radius 1 is 1.11 bits per heavy atom. The number of benzene rings is 2. The lowest BCUT2D eigenvalue weighted by molar-refractivity contribution is -0.136. The van der Waals surface area contributed by atoms with E-state index in [9.17, 15) is 31.2 Å². The second kappa shape index (κ2) is 12.1. The summed E-state index contributed by atoms with van der Waals surface area (Å²) in [6.07, 6.45) is -4.90. The first kappa shape index (κ1) is 30.0. The molecule has 2 N–H and O–H groups in total. The van der Waals surface area contributed by atoms with Gasteiger partial charge in [0.15, 0.2) is 5.82 Å². The van der Waals surface area contributed by atoms with Crippen molar-refractivity contribution >= 4 is 50.7 Å². The van der Waals surface area contributed by atoms with Crippen LogP contribution < -0.4 is 15.7 Å². The van der Waals surface area contributed by atoms with Gasteiger partial charge in [-0.25, -0.2) is 22.6 Å². The molecule has 9 nitrogen and oxygen atoms in total. The van der Waals surface area contributed by atoms with E-state index in [-0.39, 0.29) is 22.4 Å². The minimum atomic E-state index is -4.54. The number of halogens is 6. The van der Waals surface area contributed by atoms with Gasteiger partial charge >= 0.3 is 11.9 Å². The maximum absolute atomic E-state index is 13.0. The highest BCUT2D eigenvalue weighted by molar-refractivity contribution is 7.88. The van der Waals surface area contributed by atoms with Crippen molar-refractivity contribution in [1.82, 2.24) is 24.4 Å². The number of rotatable bonds is 10. The highest BCUT2D eigenvalue weighted by atomic mass is 35.5. The molecule has 16 heteroatoms. The predicted octanol–water partition coefficient (Wildman–Crippen LogP) is 4.03. The van der Waals surface area contributed by atoms with Gasteiger partial charge < -0.3 is 5.32 Å². The molecule has 2 aromatic carbocycles. The lowest BCUT2D eigenvalue weighted by Crippen LogP contribution is -2.40. The molecule has 3 aromatic rings. The normalized spacial score (nSPS) is 12.9. The molecule has 3 rings (SSSR count). The number of nitrogens with zero attached hydrogens (tertiary/aromatic N) is 3. The van der Waals surface area contributed by atoms with Gasteiger partial charge in [0.05, 0.1) is 28.8 Å². The van der Waals surface area contributed by atoms with Crippen LogP contribution in [0.25, 0.3) is 11.4 Å². The highest BCUT2D eigenvalue weighted by Gasteiger charge is 2.29. The minimum Gasteiger partial charge on any atom is -0.346 e. The van der Waals surface area contributed by atoms with Crippen molar-refractivity contribution in [1.29, 1.82) is 0 Å². The van der Waals surface area contributed by atoms with Crippen LogP contribution in [-0.4, -0.2) is 47.6 Å². The van der Waals surface area contributed by atoms with Gasteiger partial charge in [-0.05, 0) is 35.9 Å². The maximum atomic E-state index is 13.0. The molecule has 0 spiro atoms. The fourth-order valence-corrected chi connectivity index (χ4v) is 4.47. The summed E-state index contributed by atoms with van der Waals surface area (Å²) < 4.78 is 65.8. The van der Waals surface area contributed by atoms with Gasteiger partial charge in [0.25, 0.3) is 0 Å². The molecule has 0 saturated carbocycles. The first-order chi connectivity index (χ1) is 17.6. The highest BCUT2D eigenvalue weighted by Crippen LogP contribution is 2.30. The van der Waals surface area contributed by atoms with E-state index >= 15 is 0 Å². The van der Waals surface area contributed by atoms with Crippen LogP contribution in [0.5, 0.6) is 0 Å². The van der Waals surface area contributed by atoms with E-state index in [1.165, 1.54) is 36.4 Å². The Morgan fingerprint density at radius 2 is 1.76 bits per heavy atom. The van der Waals surface area contributed by atoms with E-state index < -0.39 is 53.3 Å². The number of amides is 1. The molecule has 1 atom stereocenters. The minimum absolute atomic E-state index is 0.0772. The van der Waals surface area contributed by atoms with Gasteiger partial charge in [-0.15, -0.1) is 5.10 Å². The summed E-state index contributed by atoms with van der Waals surface area (Å²) >= 11 is 18.2. The summed E-state index contributed by atoms with van der Waals surface area (Å²) in [6.45, 7) is -1.69. The van der Waals surface area contributed by atoms with Crippen molar-refractivity contribution in [3.63, 3.8) is 0 Å². The molecule has 1 heterocycles. The van der Waals surface area contributed by atoms with Gasteiger partial charge in [-0.3, -0.25) is 9.36 Å². The van der Waals surface area contributed by atoms with Crippen LogP contribution >= 0.6 is 34.8 Å². The van der Waals surface area contributed by atoms with Crippen LogP contribution in [0.4, 0.5) is 13.2 Å². The van der Waals surface area contributed by atoms with Crippen LogP contribution in [0.1, 0.15) is 18.0 Å². The second-order valence-corrected chi connectivity index (χ2v) is 11.2. The number of hydrogen-bond acceptors (Lipinski definition) is 5. The Bertz CT molecular complexity index is 1470. The van der Waals surface area contributed by atoms with Crippen LogP contribution in [-0.2, 0) is 27.9 Å². The monoisotopic (exact) mass is 613 g/mol. The Hall–Kier alpha value is -2.58. The van der Waals surface area contributed by atoms with E-state index in [1.807, 2.05) is 0 Å². The van der Waals surface area contributed by atoms with Crippen LogP contribution in [0.2, 0.25) is 15.1 Å². The molecule has 206 valence electrons. The smallest absolute Gasteiger partial charge is 0.346 e. The topological polar surface area (TPSA) is 115 Å². The molecule has 0 fully saturated rings. The van der Waals surface area contributed by atoms with Crippen molar-refractivity contribution in [2.24, 2.45) is 0 Å². The van der Waals surface area contributed by atoms with Crippen molar-refractivity contribution in [3.8, 4) is 11.4 Å². The lowest BCUT2D eigenvalue weighted by atomic mass is 10.1. The summed E-state index contributed by atoms with van der Waals surface area (Å²) in [6, 6.07) is 9.50. The van der Waals surface area contributed by atoms with E-state index in [0.29, 0.717) is 16.1 Å². The number of aromatic nitrogens is 3. The summed E-state index contributed by atoms with van der Waals surface area (Å²) in [7, 11) is -3.66. The SMILES string of the molecule is CS(=O)(=O)NCC(NC(=O)Cn1nc(-c2ccc(Cl)cc2)n(CCC(F)(F)F)c1=O)c1cccc(Cl)c1Cl. The van der Waals surface area contributed by atoms with Gasteiger partial charge in [0.2, 0.25) is 15.9 Å². The van der Waals surface area contributed by atoms with Crippen molar-refractivity contribution < 1.29 is 26.4 Å². The third-order valence-electron chi connectivity index (χ3n) is 5.18. The quantitative estimate of drug-likeness (QED) is 0.358. The molecule has 1 aromatic heterocycles. The van der Waals surface area contributed by atoms with Crippen molar-refractivity contribution in [2.75, 3.05) is 12.8 Å². The van der Waals surface area contributed by atoms with E-state index in [0.717, 1.165) is 15.5 Å². The molecule has 38 heavy (non-hydrogen) atoms. The lowest BCUT2D eigenvalue weighted by Gasteiger charge is -2.21. The summed E-state index contributed by atoms with van der Waals surface area (Å²) in [5.74, 6) is -0.872. The van der Waals surface area contributed by atoms with Gasteiger partial charge in [-0.2, -0.15) is 13.2 Å². The fraction of sp³-hybridized carbons (Fsp3) is 0.318. The maximum Gasteiger partial charge on any atom is 0.390 e. The largest absolute Gasteiger partial charge is 0.390 e. The number of carbonyl (C=O) groups excluding carboxylic acids is 1. The van der Waals surface area contributed by atoms with E-state index in [2.05, 4.69) is 15.1 Å². The molecular weight excluding hydrogens is 594 g/mol. The Morgan fingerprint density at radius 3 is 2.37 bits per heavy atom. The van der Waals surface area contributed by atoms with E-state index in [1.54, 1.807) is 6.07 Å². The van der Waals surface area contributed by atoms with Gasteiger partial charge in [0.1, 0.15) is 6.54 Å². The number of sulfonamides is 1. The second-order valence-electron chi connectivity index (χ2n) is 8.17. The van der Waals surface area contributed by atoms with Crippen molar-refractivity contribution in [2.45, 2.75) is 31.7 Å². The van der Waals surface area contributed by atoms with Gasteiger partial charge in [-0.1, -0.05) is 46.9 Å². The fourth-order valence-electron chi connectivity index (χ4n) is 3.44. The summed E-state index contributed by atoms with van der Waals surface area (Å²) in [5.41, 5.74) is -0.330. The first-order valence-corrected chi connectivity index (χ1v) is 13.9. The third-order valence-corrected chi connectivity index (χ3v) is 6.96. The molecule has 1 unspecified atom stereocenters. The molecule has 0 saturated heterocycles. The molecule has 0 aliphatic heterocycles. The molecule has 0 bridgehead atoms. The number of carbonyl (C=O) groups is 1. The molecule has 1 amide bonds. The first-order valence-electron chi connectivity index (χ1n) is 10.8. The predicted molar refractivity (Wildman–Crippen MR) is 138 cm³/mol. The zero-order chi connectivity index (χ0) is 28.3. The molecule has 0 aliphatic rings. The van der Waals surface area contributed by atoms with Crippen LogP contribution in [0, 0.1) is 0 Å². The van der Waals surface area contributed by atoms with E-state index in [4.69, 9.17) is 34.8 Å². The van der Waals surface area contributed by atoms with Gasteiger partial charge in [0, 0.05) is 23.7 Å². The molecule has 0 radical (unpaired) electrons. The average Bonchev–Trinajstić information content (AvgIpc) is 3.11. The molecule has 0 aliphatic carbocycles. The number of nitrogens with one attached hydrogen (secondary N) is 2. The summed E-state index contributed by atoms with van der Waals surface area (Å²) in [5, 5.41) is 7.26. The Balaban J connectivity index is 1.92. The molecular formula is C22H21Cl3F3N5O4S. The Kier molecular flexibility index (Phi) is 9.52. The summed E-state index contributed by atoms with van der Waals surface area (Å²) in [4.78, 5) is 25.9. The average molecular weight is 615 g/mol. The number of alkyl halides is 3. The van der Waals surface area contributed by atoms with Crippen LogP contribution in [0.3, 0.4) is 0 Å². The Labute approximate surface area is 230 Å².